The molecule has 2 amide bonds. The summed E-state index contributed by atoms with van der Waals surface area (Å²) in [6, 6.07) is 0. The van der Waals surface area contributed by atoms with Gasteiger partial charge >= 0.3 is 0 Å². The number of nitrogens with one attached hydrogen (secondary N) is 3. The van der Waals surface area contributed by atoms with E-state index in [1.165, 1.54) is 0 Å². The molecule has 1 heterocycles. The Morgan fingerprint density at radius 2 is 1.78 bits per heavy atom. The lowest BCUT2D eigenvalue weighted by Gasteiger charge is -2.32. The van der Waals surface area contributed by atoms with Gasteiger partial charge in [0.15, 0.2) is 0 Å². The van der Waals surface area contributed by atoms with Gasteiger partial charge in [0.25, 0.3) is 0 Å². The average molecular weight is 253 g/mol. The lowest BCUT2D eigenvalue weighted by atomic mass is 9.80. The van der Waals surface area contributed by atoms with Crippen molar-refractivity contribution in [3.63, 3.8) is 0 Å². The maximum Gasteiger partial charge on any atom is 0.226 e. The SMILES string of the molecule is CC1(C(=O)NCCNC(=O)C2CC2)CCNCC1. The Morgan fingerprint density at radius 3 is 2.39 bits per heavy atom. The topological polar surface area (TPSA) is 70.2 Å². The van der Waals surface area contributed by atoms with Crippen LogP contribution in [0, 0.1) is 11.3 Å². The average Bonchev–Trinajstić information content (AvgIpc) is 3.19. The number of carbonyl (C=O) groups is 2. The second kappa shape index (κ2) is 5.69. The van der Waals surface area contributed by atoms with Gasteiger partial charge in [-0.3, -0.25) is 9.59 Å². The first-order valence-electron chi connectivity index (χ1n) is 6.88. The predicted octanol–water partition coefficient (Wildman–Crippen LogP) is 0.0185. The number of hydrogen-bond acceptors (Lipinski definition) is 3. The van der Waals surface area contributed by atoms with Gasteiger partial charge in [-0.1, -0.05) is 6.92 Å². The molecule has 2 rings (SSSR count). The molecule has 3 N–H and O–H groups in total. The van der Waals surface area contributed by atoms with E-state index in [0.29, 0.717) is 13.1 Å². The summed E-state index contributed by atoms with van der Waals surface area (Å²) in [5.41, 5.74) is -0.244. The Morgan fingerprint density at radius 1 is 1.17 bits per heavy atom. The lowest BCUT2D eigenvalue weighted by molar-refractivity contribution is -0.131. The van der Waals surface area contributed by atoms with Gasteiger partial charge in [-0.15, -0.1) is 0 Å². The second-order valence-corrected chi connectivity index (χ2v) is 5.63. The van der Waals surface area contributed by atoms with Crippen LogP contribution in [-0.4, -0.2) is 38.0 Å². The van der Waals surface area contributed by atoms with Crippen LogP contribution in [0.15, 0.2) is 0 Å². The fraction of sp³-hybridized carbons (Fsp3) is 0.846. The van der Waals surface area contributed by atoms with Gasteiger partial charge < -0.3 is 16.0 Å². The van der Waals surface area contributed by atoms with Gasteiger partial charge in [0.05, 0.1) is 0 Å². The standard InChI is InChI=1S/C13H23N3O2/c1-13(4-6-14-7-5-13)12(18)16-9-8-15-11(17)10-2-3-10/h10,14H,2-9H2,1H3,(H,15,17)(H,16,18). The Labute approximate surface area is 108 Å². The zero-order chi connectivity index (χ0) is 13.0. The van der Waals surface area contributed by atoms with Gasteiger partial charge in [0.2, 0.25) is 11.8 Å². The Hall–Kier alpha value is -1.10. The van der Waals surface area contributed by atoms with E-state index in [-0.39, 0.29) is 23.1 Å². The molecule has 5 heteroatoms. The summed E-state index contributed by atoms with van der Waals surface area (Å²) in [4.78, 5) is 23.4. The lowest BCUT2D eigenvalue weighted by Crippen LogP contribution is -2.47. The molecule has 1 aliphatic carbocycles. The third kappa shape index (κ3) is 3.45. The minimum absolute atomic E-state index is 0.115. The molecule has 2 aliphatic rings. The van der Waals surface area contributed by atoms with E-state index >= 15 is 0 Å². The quantitative estimate of drug-likeness (QED) is 0.605. The molecule has 18 heavy (non-hydrogen) atoms. The van der Waals surface area contributed by atoms with Crippen molar-refractivity contribution in [1.82, 2.24) is 16.0 Å². The highest BCUT2D eigenvalue weighted by molar-refractivity contribution is 5.83. The van der Waals surface area contributed by atoms with Gasteiger partial charge in [-0.2, -0.15) is 0 Å². The molecule has 1 saturated carbocycles. The molecule has 0 aromatic carbocycles. The summed E-state index contributed by atoms with van der Waals surface area (Å²) in [7, 11) is 0. The first-order valence-corrected chi connectivity index (χ1v) is 6.88. The molecule has 0 aromatic heterocycles. The summed E-state index contributed by atoms with van der Waals surface area (Å²) >= 11 is 0. The van der Waals surface area contributed by atoms with Crippen molar-refractivity contribution in [2.75, 3.05) is 26.2 Å². The number of hydrogen-bond donors (Lipinski definition) is 3. The fourth-order valence-electron chi connectivity index (χ4n) is 2.27. The molecule has 1 aliphatic heterocycles. The zero-order valence-electron chi connectivity index (χ0n) is 11.1. The van der Waals surface area contributed by atoms with Crippen LogP contribution in [0.4, 0.5) is 0 Å². The third-order valence-electron chi connectivity index (χ3n) is 3.91. The largest absolute Gasteiger partial charge is 0.354 e. The van der Waals surface area contributed by atoms with Crippen LogP contribution in [0.3, 0.4) is 0 Å². The number of piperidine rings is 1. The van der Waals surface area contributed by atoms with Crippen LogP contribution in [0.1, 0.15) is 32.6 Å². The van der Waals surface area contributed by atoms with Crippen molar-refractivity contribution in [3.05, 3.63) is 0 Å². The van der Waals surface area contributed by atoms with Crippen LogP contribution in [-0.2, 0) is 9.59 Å². The normalized spacial score (nSPS) is 22.3. The molecule has 0 radical (unpaired) electrons. The molecule has 5 nitrogen and oxygen atoms in total. The van der Waals surface area contributed by atoms with Crippen molar-refractivity contribution in [1.29, 1.82) is 0 Å². The highest BCUT2D eigenvalue weighted by atomic mass is 16.2. The summed E-state index contributed by atoms with van der Waals surface area (Å²) in [5.74, 6) is 0.490. The van der Waals surface area contributed by atoms with E-state index in [2.05, 4.69) is 16.0 Å². The maximum absolute atomic E-state index is 12.1. The summed E-state index contributed by atoms with van der Waals surface area (Å²) in [6.45, 7) is 4.90. The molecule has 0 atom stereocenters. The molecule has 2 fully saturated rings. The van der Waals surface area contributed by atoms with Crippen molar-refractivity contribution in [3.8, 4) is 0 Å². The summed E-state index contributed by atoms with van der Waals surface area (Å²) < 4.78 is 0. The highest BCUT2D eigenvalue weighted by Crippen LogP contribution is 2.29. The smallest absolute Gasteiger partial charge is 0.226 e. The molecule has 0 bridgehead atoms. The highest BCUT2D eigenvalue weighted by Gasteiger charge is 2.34. The summed E-state index contributed by atoms with van der Waals surface area (Å²) in [5, 5.41) is 9.03. The van der Waals surface area contributed by atoms with Crippen LogP contribution >= 0.6 is 0 Å². The zero-order valence-corrected chi connectivity index (χ0v) is 11.1. The van der Waals surface area contributed by atoms with E-state index in [9.17, 15) is 9.59 Å². The van der Waals surface area contributed by atoms with Crippen molar-refractivity contribution in [2.45, 2.75) is 32.6 Å². The van der Waals surface area contributed by atoms with E-state index in [1.54, 1.807) is 0 Å². The maximum atomic E-state index is 12.1. The van der Waals surface area contributed by atoms with E-state index in [1.807, 2.05) is 6.92 Å². The van der Waals surface area contributed by atoms with E-state index in [0.717, 1.165) is 38.8 Å². The molecular formula is C13H23N3O2. The number of carbonyl (C=O) groups excluding carboxylic acids is 2. The molecule has 0 spiro atoms. The molecular weight excluding hydrogens is 230 g/mol. The Bertz CT molecular complexity index is 320. The van der Waals surface area contributed by atoms with Gasteiger partial charge in [-0.25, -0.2) is 0 Å². The van der Waals surface area contributed by atoms with Crippen LogP contribution in [0.2, 0.25) is 0 Å². The van der Waals surface area contributed by atoms with Gasteiger partial charge in [0.1, 0.15) is 0 Å². The molecule has 0 aromatic rings. The van der Waals surface area contributed by atoms with Gasteiger partial charge in [0, 0.05) is 24.4 Å². The summed E-state index contributed by atoms with van der Waals surface area (Å²) in [6.07, 6.45) is 3.80. The minimum atomic E-state index is -0.244. The fourth-order valence-corrected chi connectivity index (χ4v) is 2.27. The van der Waals surface area contributed by atoms with Crippen molar-refractivity contribution < 1.29 is 9.59 Å². The second-order valence-electron chi connectivity index (χ2n) is 5.63. The Balaban J connectivity index is 1.63. The van der Waals surface area contributed by atoms with Crippen molar-refractivity contribution >= 4 is 11.8 Å². The van der Waals surface area contributed by atoms with E-state index < -0.39 is 0 Å². The van der Waals surface area contributed by atoms with Crippen LogP contribution in [0.5, 0.6) is 0 Å². The van der Waals surface area contributed by atoms with E-state index in [4.69, 9.17) is 0 Å². The van der Waals surface area contributed by atoms with Gasteiger partial charge in [-0.05, 0) is 38.8 Å². The molecule has 1 saturated heterocycles. The van der Waals surface area contributed by atoms with Crippen LogP contribution in [0.25, 0.3) is 0 Å². The first kappa shape index (κ1) is 13.3. The molecule has 102 valence electrons. The predicted molar refractivity (Wildman–Crippen MR) is 69.0 cm³/mol. The monoisotopic (exact) mass is 253 g/mol. The Kier molecular flexibility index (Phi) is 4.22. The minimum Gasteiger partial charge on any atom is -0.354 e. The first-order chi connectivity index (χ1) is 8.62. The van der Waals surface area contributed by atoms with Crippen molar-refractivity contribution in [2.24, 2.45) is 11.3 Å². The molecule has 0 unspecified atom stereocenters. The number of rotatable bonds is 5. The number of amides is 2. The van der Waals surface area contributed by atoms with Crippen LogP contribution < -0.4 is 16.0 Å². The third-order valence-corrected chi connectivity index (χ3v) is 3.91.